The molecule has 1 aliphatic rings. The molecule has 8 heteroatoms. The van der Waals surface area contributed by atoms with E-state index in [0.717, 1.165) is 0 Å². The van der Waals surface area contributed by atoms with Crippen molar-refractivity contribution in [2.45, 2.75) is 11.7 Å². The van der Waals surface area contributed by atoms with Gasteiger partial charge in [-0.1, -0.05) is 23.7 Å². The lowest BCUT2D eigenvalue weighted by molar-refractivity contribution is -0.117. The number of nitrogens with zero attached hydrogens (tertiary/aromatic N) is 1. The van der Waals surface area contributed by atoms with Crippen molar-refractivity contribution in [3.8, 4) is 0 Å². The molecule has 1 aromatic rings. The molecular weight excluding hydrogens is 316 g/mol. The van der Waals surface area contributed by atoms with Gasteiger partial charge >= 0.3 is 0 Å². The fourth-order valence-corrected chi connectivity index (χ4v) is 4.01. The number of hydrogen-bond acceptors (Lipinski definition) is 4. The Labute approximate surface area is 128 Å². The minimum Gasteiger partial charge on any atom is -0.379 e. The Kier molecular flexibility index (Phi) is 5.21. The van der Waals surface area contributed by atoms with Crippen LogP contribution in [-0.2, 0) is 26.0 Å². The molecule has 0 bridgehead atoms. The first kappa shape index (κ1) is 16.2. The molecule has 1 saturated heterocycles. The Morgan fingerprint density at radius 3 is 2.38 bits per heavy atom. The molecule has 6 nitrogen and oxygen atoms in total. The highest BCUT2D eigenvalue weighted by atomic mass is 35.5. The van der Waals surface area contributed by atoms with E-state index in [-0.39, 0.29) is 19.5 Å². The van der Waals surface area contributed by atoms with E-state index in [0.29, 0.717) is 23.8 Å². The first-order valence-corrected chi connectivity index (χ1v) is 8.40. The van der Waals surface area contributed by atoms with E-state index in [1.807, 2.05) is 0 Å². The average Bonchev–Trinajstić information content (AvgIpc) is 2.47. The third-order valence-corrected chi connectivity index (χ3v) is 5.80. The molecule has 0 aromatic heterocycles. The van der Waals surface area contributed by atoms with Gasteiger partial charge in [0.2, 0.25) is 15.9 Å². The zero-order valence-corrected chi connectivity index (χ0v) is 12.9. The van der Waals surface area contributed by atoms with Gasteiger partial charge in [-0.25, -0.2) is 8.42 Å². The predicted octanol–water partition coefficient (Wildman–Crippen LogP) is 0.398. The fourth-order valence-electron chi connectivity index (χ4n) is 2.17. The first-order valence-electron chi connectivity index (χ1n) is 6.52. The number of hydrogen-bond donors (Lipinski definition) is 1. The van der Waals surface area contributed by atoms with Gasteiger partial charge in [-0.3, -0.25) is 4.79 Å². The number of primary amides is 1. The molecule has 1 heterocycles. The second-order valence-corrected chi connectivity index (χ2v) is 7.33. The Morgan fingerprint density at radius 2 is 1.86 bits per heavy atom. The molecule has 116 valence electrons. The molecule has 1 atom stereocenters. The minimum absolute atomic E-state index is 0.0339. The van der Waals surface area contributed by atoms with Crippen molar-refractivity contribution in [3.05, 3.63) is 34.9 Å². The summed E-state index contributed by atoms with van der Waals surface area (Å²) in [6.07, 6.45) is 0.0339. The quantitative estimate of drug-likeness (QED) is 0.845. The number of benzene rings is 1. The molecular formula is C13H17ClN2O4S. The maximum Gasteiger partial charge on any atom is 0.237 e. The monoisotopic (exact) mass is 332 g/mol. The summed E-state index contributed by atoms with van der Waals surface area (Å²) in [5, 5.41) is -0.734. The van der Waals surface area contributed by atoms with Crippen molar-refractivity contribution in [3.63, 3.8) is 0 Å². The average molecular weight is 333 g/mol. The maximum absolute atomic E-state index is 12.5. The fraction of sp³-hybridized carbons (Fsp3) is 0.462. The second-order valence-electron chi connectivity index (χ2n) is 4.78. The number of sulfonamides is 1. The summed E-state index contributed by atoms with van der Waals surface area (Å²) in [4.78, 5) is 11.6. The summed E-state index contributed by atoms with van der Waals surface area (Å²) >= 11 is 5.79. The Bertz CT molecular complexity index is 597. The number of carbonyl (C=O) groups excluding carboxylic acids is 1. The minimum atomic E-state index is -3.79. The summed E-state index contributed by atoms with van der Waals surface area (Å²) in [6.45, 7) is 1.14. The van der Waals surface area contributed by atoms with E-state index in [1.54, 1.807) is 24.3 Å². The summed E-state index contributed by atoms with van der Waals surface area (Å²) in [7, 11) is -3.79. The van der Waals surface area contributed by atoms with Gasteiger partial charge in [0.1, 0.15) is 0 Å². The van der Waals surface area contributed by atoms with Crippen LogP contribution in [0.15, 0.2) is 24.3 Å². The molecule has 2 rings (SSSR count). The van der Waals surface area contributed by atoms with Crippen LogP contribution >= 0.6 is 11.6 Å². The smallest absolute Gasteiger partial charge is 0.237 e. The number of ether oxygens (including phenoxy) is 1. The zero-order chi connectivity index (χ0) is 15.5. The van der Waals surface area contributed by atoms with Crippen LogP contribution in [0.3, 0.4) is 0 Å². The number of carbonyl (C=O) groups is 1. The van der Waals surface area contributed by atoms with E-state index in [4.69, 9.17) is 22.1 Å². The Morgan fingerprint density at radius 1 is 1.29 bits per heavy atom. The normalized spacial score (nSPS) is 18.3. The van der Waals surface area contributed by atoms with Gasteiger partial charge in [0.05, 0.1) is 13.2 Å². The topological polar surface area (TPSA) is 89.7 Å². The van der Waals surface area contributed by atoms with E-state index >= 15 is 0 Å². The van der Waals surface area contributed by atoms with Crippen molar-refractivity contribution in [1.82, 2.24) is 4.31 Å². The molecule has 1 fully saturated rings. The van der Waals surface area contributed by atoms with Gasteiger partial charge in [-0.05, 0) is 24.1 Å². The molecule has 2 N–H and O–H groups in total. The Hall–Kier alpha value is -1.15. The molecule has 1 aliphatic heterocycles. The largest absolute Gasteiger partial charge is 0.379 e. The van der Waals surface area contributed by atoms with Gasteiger partial charge in [0.15, 0.2) is 5.25 Å². The standard InChI is InChI=1S/C13H17ClN2O4S/c14-11-3-1-10(2-4-11)9-12(13(15)17)21(18,19)16-5-7-20-8-6-16/h1-4,12H,5-9H2,(H2,15,17). The van der Waals surface area contributed by atoms with Gasteiger partial charge in [0.25, 0.3) is 0 Å². The van der Waals surface area contributed by atoms with Crippen LogP contribution in [0.25, 0.3) is 0 Å². The van der Waals surface area contributed by atoms with Crippen LogP contribution < -0.4 is 5.73 Å². The molecule has 0 saturated carbocycles. The van der Waals surface area contributed by atoms with Crippen molar-refractivity contribution >= 4 is 27.5 Å². The zero-order valence-electron chi connectivity index (χ0n) is 11.4. The second kappa shape index (κ2) is 6.74. The predicted molar refractivity (Wildman–Crippen MR) is 79.5 cm³/mol. The van der Waals surface area contributed by atoms with Gasteiger partial charge < -0.3 is 10.5 Å². The molecule has 1 amide bonds. The van der Waals surface area contributed by atoms with Crippen molar-refractivity contribution in [1.29, 1.82) is 0 Å². The molecule has 1 aromatic carbocycles. The van der Waals surface area contributed by atoms with Gasteiger partial charge in [-0.2, -0.15) is 4.31 Å². The number of amides is 1. The number of rotatable bonds is 5. The lowest BCUT2D eigenvalue weighted by Gasteiger charge is -2.29. The van der Waals surface area contributed by atoms with Crippen LogP contribution in [0.1, 0.15) is 5.56 Å². The van der Waals surface area contributed by atoms with Gasteiger partial charge in [0, 0.05) is 18.1 Å². The van der Waals surface area contributed by atoms with Crippen molar-refractivity contribution < 1.29 is 17.9 Å². The van der Waals surface area contributed by atoms with Crippen molar-refractivity contribution in [2.75, 3.05) is 26.3 Å². The SMILES string of the molecule is NC(=O)C(Cc1ccc(Cl)cc1)S(=O)(=O)N1CCOCC1. The van der Waals surface area contributed by atoms with E-state index in [1.165, 1.54) is 4.31 Å². The number of nitrogens with two attached hydrogens (primary N) is 1. The summed E-state index contributed by atoms with van der Waals surface area (Å²) in [6, 6.07) is 6.67. The Balaban J connectivity index is 2.21. The molecule has 0 spiro atoms. The number of morpholine rings is 1. The lowest BCUT2D eigenvalue weighted by Crippen LogP contribution is -2.50. The van der Waals surface area contributed by atoms with E-state index in [9.17, 15) is 13.2 Å². The highest BCUT2D eigenvalue weighted by Crippen LogP contribution is 2.18. The van der Waals surface area contributed by atoms with Crippen LogP contribution in [0, 0.1) is 0 Å². The highest BCUT2D eigenvalue weighted by molar-refractivity contribution is 7.90. The van der Waals surface area contributed by atoms with E-state index < -0.39 is 21.2 Å². The van der Waals surface area contributed by atoms with Crippen LogP contribution in [0.2, 0.25) is 5.02 Å². The first-order chi connectivity index (χ1) is 9.91. The third-order valence-electron chi connectivity index (χ3n) is 3.34. The molecule has 0 aliphatic carbocycles. The van der Waals surface area contributed by atoms with Crippen LogP contribution in [-0.4, -0.2) is 50.2 Å². The highest BCUT2D eigenvalue weighted by Gasteiger charge is 2.36. The maximum atomic E-state index is 12.5. The molecule has 1 unspecified atom stereocenters. The molecule has 0 radical (unpaired) electrons. The van der Waals surface area contributed by atoms with E-state index in [2.05, 4.69) is 0 Å². The van der Waals surface area contributed by atoms with Crippen molar-refractivity contribution in [2.24, 2.45) is 5.73 Å². The third kappa shape index (κ3) is 3.94. The summed E-state index contributed by atoms with van der Waals surface area (Å²) < 4.78 is 31.5. The molecule has 21 heavy (non-hydrogen) atoms. The lowest BCUT2D eigenvalue weighted by atomic mass is 10.1. The number of halogens is 1. The van der Waals surface area contributed by atoms with Gasteiger partial charge in [-0.15, -0.1) is 0 Å². The summed E-state index contributed by atoms with van der Waals surface area (Å²) in [5.74, 6) is -0.851. The summed E-state index contributed by atoms with van der Waals surface area (Å²) in [5.41, 5.74) is 6.00. The van der Waals surface area contributed by atoms with Crippen LogP contribution in [0.4, 0.5) is 0 Å². The van der Waals surface area contributed by atoms with Crippen LogP contribution in [0.5, 0.6) is 0 Å².